The molecule has 1 aromatic carbocycles. The normalized spacial score (nSPS) is 18.6. The number of β-amino-alcohol motifs (C(OH)–C–C–N with tert-alkyl or cyclic N) is 1. The third kappa shape index (κ3) is 2.41. The van der Waals surface area contributed by atoms with Gasteiger partial charge in [-0.2, -0.15) is 4.31 Å². The molecule has 0 radical (unpaired) electrons. The van der Waals surface area contributed by atoms with E-state index in [2.05, 4.69) is 0 Å². The summed E-state index contributed by atoms with van der Waals surface area (Å²) in [5, 5.41) is 20.7. The Balaban J connectivity index is 2.32. The van der Waals surface area contributed by atoms with E-state index in [1.807, 2.05) is 0 Å². The molecule has 1 fully saturated rings. The molecule has 110 valence electrons. The molecular weight excluding hydrogens is 284 g/mol. The van der Waals surface area contributed by atoms with Crippen molar-refractivity contribution in [2.75, 3.05) is 13.1 Å². The van der Waals surface area contributed by atoms with Crippen LogP contribution in [0.5, 0.6) is 0 Å². The fourth-order valence-corrected chi connectivity index (χ4v) is 3.72. The number of nitrogens with zero attached hydrogens (tertiary/aromatic N) is 2. The predicted octanol–water partition coefficient (Wildman–Crippen LogP) is 1.05. The van der Waals surface area contributed by atoms with Crippen LogP contribution in [0.2, 0.25) is 0 Å². The van der Waals surface area contributed by atoms with E-state index in [0.717, 1.165) is 10.4 Å². The van der Waals surface area contributed by atoms with Crippen LogP contribution in [0.25, 0.3) is 0 Å². The summed E-state index contributed by atoms with van der Waals surface area (Å²) in [5.74, 6) is 0. The molecule has 0 atom stereocenters. The maximum Gasteiger partial charge on any atom is 0.273 e. The van der Waals surface area contributed by atoms with Crippen LogP contribution in [0.4, 0.5) is 5.69 Å². The van der Waals surface area contributed by atoms with Crippen molar-refractivity contribution in [3.05, 3.63) is 33.9 Å². The standard InChI is InChI=1S/C12H16N2O5S/c1-3-12(15)7-13(8-12)20(18,19)10-5-4-9(2)11(6-10)14(16)17/h4-6,15H,3,7-8H2,1-2H3. The fraction of sp³-hybridized carbons (Fsp3) is 0.500. The monoisotopic (exact) mass is 300 g/mol. The average Bonchev–Trinajstić information content (AvgIpc) is 2.34. The van der Waals surface area contributed by atoms with Crippen LogP contribution in [-0.2, 0) is 10.0 Å². The van der Waals surface area contributed by atoms with Gasteiger partial charge in [0, 0.05) is 24.7 Å². The van der Waals surface area contributed by atoms with E-state index in [4.69, 9.17) is 0 Å². The summed E-state index contributed by atoms with van der Waals surface area (Å²) in [6.45, 7) is 3.37. The Morgan fingerprint density at radius 1 is 1.45 bits per heavy atom. The first-order valence-electron chi connectivity index (χ1n) is 6.17. The Morgan fingerprint density at radius 2 is 2.05 bits per heavy atom. The molecule has 1 heterocycles. The lowest BCUT2D eigenvalue weighted by atomic mass is 9.94. The number of hydrogen-bond acceptors (Lipinski definition) is 5. The van der Waals surface area contributed by atoms with Gasteiger partial charge in [0.25, 0.3) is 5.69 Å². The lowest BCUT2D eigenvalue weighted by Gasteiger charge is -2.44. The fourth-order valence-electron chi connectivity index (χ4n) is 2.10. The molecule has 0 aliphatic carbocycles. The van der Waals surface area contributed by atoms with Crippen LogP contribution >= 0.6 is 0 Å². The van der Waals surface area contributed by atoms with Gasteiger partial charge in [-0.3, -0.25) is 10.1 Å². The zero-order valence-electron chi connectivity index (χ0n) is 11.2. The van der Waals surface area contributed by atoms with Gasteiger partial charge < -0.3 is 5.11 Å². The van der Waals surface area contributed by atoms with Gasteiger partial charge >= 0.3 is 0 Å². The van der Waals surface area contributed by atoms with Gasteiger partial charge in [-0.1, -0.05) is 13.0 Å². The zero-order chi connectivity index (χ0) is 15.1. The van der Waals surface area contributed by atoms with Crippen LogP contribution in [-0.4, -0.2) is 41.4 Å². The van der Waals surface area contributed by atoms with Crippen LogP contribution in [0, 0.1) is 17.0 Å². The minimum Gasteiger partial charge on any atom is -0.387 e. The molecule has 8 heteroatoms. The molecule has 1 aromatic rings. The van der Waals surface area contributed by atoms with E-state index in [-0.39, 0.29) is 23.7 Å². The summed E-state index contributed by atoms with van der Waals surface area (Å²) >= 11 is 0. The van der Waals surface area contributed by atoms with Crippen LogP contribution in [0.1, 0.15) is 18.9 Å². The van der Waals surface area contributed by atoms with E-state index in [1.165, 1.54) is 12.1 Å². The van der Waals surface area contributed by atoms with Crippen molar-refractivity contribution < 1.29 is 18.4 Å². The largest absolute Gasteiger partial charge is 0.387 e. The first-order valence-corrected chi connectivity index (χ1v) is 7.61. The quantitative estimate of drug-likeness (QED) is 0.661. The molecule has 0 aromatic heterocycles. The minimum atomic E-state index is -3.79. The van der Waals surface area contributed by atoms with Crippen molar-refractivity contribution in [1.29, 1.82) is 0 Å². The Kier molecular flexibility index (Phi) is 3.57. The molecule has 0 unspecified atom stereocenters. The lowest BCUT2D eigenvalue weighted by molar-refractivity contribution is -0.385. The average molecular weight is 300 g/mol. The summed E-state index contributed by atoms with van der Waals surface area (Å²) in [5.41, 5.74) is -0.802. The van der Waals surface area contributed by atoms with Crippen molar-refractivity contribution >= 4 is 15.7 Å². The molecule has 0 spiro atoms. The molecular formula is C12H16N2O5S. The molecule has 2 rings (SSSR count). The highest BCUT2D eigenvalue weighted by molar-refractivity contribution is 7.89. The number of rotatable bonds is 4. The second kappa shape index (κ2) is 4.80. The highest BCUT2D eigenvalue weighted by atomic mass is 32.2. The Morgan fingerprint density at radius 3 is 2.55 bits per heavy atom. The third-order valence-corrected chi connectivity index (χ3v) is 5.40. The van der Waals surface area contributed by atoms with Crippen molar-refractivity contribution in [2.24, 2.45) is 0 Å². The number of benzene rings is 1. The van der Waals surface area contributed by atoms with Gasteiger partial charge in [-0.25, -0.2) is 8.42 Å². The Bertz CT molecular complexity index is 650. The molecule has 0 saturated carbocycles. The summed E-state index contributed by atoms with van der Waals surface area (Å²) in [6.07, 6.45) is 0.465. The van der Waals surface area contributed by atoms with Gasteiger partial charge in [-0.15, -0.1) is 0 Å². The highest BCUT2D eigenvalue weighted by Crippen LogP contribution is 2.31. The Hall–Kier alpha value is -1.51. The van der Waals surface area contributed by atoms with E-state index in [9.17, 15) is 23.6 Å². The second-order valence-corrected chi connectivity index (χ2v) is 6.99. The van der Waals surface area contributed by atoms with Crippen LogP contribution < -0.4 is 0 Å². The van der Waals surface area contributed by atoms with Crippen molar-refractivity contribution in [1.82, 2.24) is 4.31 Å². The first-order chi connectivity index (χ1) is 9.19. The van der Waals surface area contributed by atoms with Crippen LogP contribution in [0.15, 0.2) is 23.1 Å². The van der Waals surface area contributed by atoms with E-state index >= 15 is 0 Å². The van der Waals surface area contributed by atoms with Crippen molar-refractivity contribution in [3.63, 3.8) is 0 Å². The van der Waals surface area contributed by atoms with E-state index < -0.39 is 20.5 Å². The summed E-state index contributed by atoms with van der Waals surface area (Å²) < 4.78 is 25.7. The topological polar surface area (TPSA) is 101 Å². The molecule has 0 amide bonds. The third-order valence-electron chi connectivity index (χ3n) is 3.61. The number of aliphatic hydroxyl groups is 1. The summed E-state index contributed by atoms with van der Waals surface area (Å²) in [4.78, 5) is 10.1. The smallest absolute Gasteiger partial charge is 0.273 e. The predicted molar refractivity (Wildman–Crippen MR) is 71.8 cm³/mol. The van der Waals surface area contributed by atoms with Gasteiger partial charge in [0.1, 0.15) is 0 Å². The van der Waals surface area contributed by atoms with Crippen molar-refractivity contribution in [3.8, 4) is 0 Å². The van der Waals surface area contributed by atoms with E-state index in [1.54, 1.807) is 13.8 Å². The number of nitro groups is 1. The summed E-state index contributed by atoms with van der Waals surface area (Å²) in [7, 11) is -3.79. The maximum atomic E-state index is 12.3. The Labute approximate surface area is 117 Å². The molecule has 7 nitrogen and oxygen atoms in total. The number of hydrogen-bond donors (Lipinski definition) is 1. The maximum absolute atomic E-state index is 12.3. The van der Waals surface area contributed by atoms with Gasteiger partial charge in [0.2, 0.25) is 10.0 Å². The minimum absolute atomic E-state index is 0.0213. The van der Waals surface area contributed by atoms with Gasteiger partial charge in [0.15, 0.2) is 0 Å². The van der Waals surface area contributed by atoms with Crippen molar-refractivity contribution in [2.45, 2.75) is 30.8 Å². The first kappa shape index (κ1) is 14.9. The molecule has 0 bridgehead atoms. The number of aryl methyl sites for hydroxylation is 1. The summed E-state index contributed by atoms with van der Waals surface area (Å²) in [6, 6.07) is 3.83. The van der Waals surface area contributed by atoms with Gasteiger partial charge in [-0.05, 0) is 19.4 Å². The number of sulfonamides is 1. The molecule has 1 aliphatic heterocycles. The lowest BCUT2D eigenvalue weighted by Crippen LogP contribution is -2.62. The molecule has 1 saturated heterocycles. The molecule has 1 N–H and O–H groups in total. The molecule has 1 aliphatic rings. The van der Waals surface area contributed by atoms with Crippen LogP contribution in [0.3, 0.4) is 0 Å². The zero-order valence-corrected chi connectivity index (χ0v) is 12.1. The molecule has 20 heavy (non-hydrogen) atoms. The SMILES string of the molecule is CCC1(O)CN(S(=O)(=O)c2ccc(C)c([N+](=O)[O-])c2)C1. The second-order valence-electron chi connectivity index (χ2n) is 5.06. The number of nitro benzene ring substituents is 1. The van der Waals surface area contributed by atoms with Gasteiger partial charge in [0.05, 0.1) is 15.4 Å². The highest BCUT2D eigenvalue weighted by Gasteiger charge is 2.46. The van der Waals surface area contributed by atoms with E-state index in [0.29, 0.717) is 12.0 Å².